The number of aromatic nitrogens is 2. The molecule has 5 rings (SSSR count). The second kappa shape index (κ2) is 11.1. The third-order valence-electron chi connectivity index (χ3n) is 6.60. The fraction of sp³-hybridized carbons (Fsp3) is 0.333. The summed E-state index contributed by atoms with van der Waals surface area (Å²) in [6.07, 6.45) is 1.29. The van der Waals surface area contributed by atoms with Gasteiger partial charge in [-0.15, -0.1) is 11.3 Å². The first kappa shape index (κ1) is 25.5. The minimum atomic E-state index is -0.546. The monoisotopic (exact) mass is 539 g/mol. The van der Waals surface area contributed by atoms with Crippen LogP contribution < -0.4 is 15.2 Å². The molecule has 37 heavy (non-hydrogen) atoms. The van der Waals surface area contributed by atoms with Crippen LogP contribution in [0.5, 0.6) is 11.5 Å². The summed E-state index contributed by atoms with van der Waals surface area (Å²) in [5.74, 6) is 0.486. The van der Waals surface area contributed by atoms with Crippen LogP contribution >= 0.6 is 22.9 Å². The van der Waals surface area contributed by atoms with E-state index in [1.807, 2.05) is 60.0 Å². The number of imidazole rings is 1. The molecule has 1 fully saturated rings. The summed E-state index contributed by atoms with van der Waals surface area (Å²) in [6, 6.07) is 15.3. The van der Waals surface area contributed by atoms with Gasteiger partial charge in [-0.05, 0) is 32.2 Å². The van der Waals surface area contributed by atoms with E-state index in [2.05, 4.69) is 21.8 Å². The van der Waals surface area contributed by atoms with Gasteiger partial charge in [0, 0.05) is 44.4 Å². The van der Waals surface area contributed by atoms with Gasteiger partial charge in [0.25, 0.3) is 5.91 Å². The van der Waals surface area contributed by atoms with Crippen molar-refractivity contribution >= 4 is 39.9 Å². The van der Waals surface area contributed by atoms with E-state index in [1.54, 1.807) is 6.33 Å². The van der Waals surface area contributed by atoms with E-state index in [4.69, 9.17) is 26.8 Å². The maximum Gasteiger partial charge on any atom is 0.262 e. The van der Waals surface area contributed by atoms with Crippen LogP contribution in [0.2, 0.25) is 5.02 Å². The Hall–Kier alpha value is -3.11. The minimum Gasteiger partial charge on any atom is -0.491 e. The van der Waals surface area contributed by atoms with Crippen molar-refractivity contribution in [2.24, 2.45) is 5.73 Å². The normalized spacial score (nSPS) is 15.6. The first-order valence-electron chi connectivity index (χ1n) is 12.3. The molecule has 194 valence electrons. The molecule has 0 aliphatic carbocycles. The molecule has 1 aliphatic heterocycles. The third-order valence-corrected chi connectivity index (χ3v) is 8.13. The predicted molar refractivity (Wildman–Crippen MR) is 147 cm³/mol. The number of hydrogen-bond acceptors (Lipinski definition) is 7. The second-order valence-corrected chi connectivity index (χ2v) is 10.6. The lowest BCUT2D eigenvalue weighted by Crippen LogP contribution is -2.45. The zero-order chi connectivity index (χ0) is 25.9. The van der Waals surface area contributed by atoms with Gasteiger partial charge in [0.2, 0.25) is 0 Å². The minimum absolute atomic E-state index is 0.343. The predicted octanol–water partition coefficient (Wildman–Crippen LogP) is 4.61. The maximum atomic E-state index is 12.2. The van der Waals surface area contributed by atoms with Crippen molar-refractivity contribution in [3.63, 3.8) is 0 Å². The van der Waals surface area contributed by atoms with Gasteiger partial charge in [0.05, 0.1) is 16.1 Å². The fourth-order valence-electron chi connectivity index (χ4n) is 4.44. The van der Waals surface area contributed by atoms with E-state index >= 15 is 0 Å². The van der Waals surface area contributed by atoms with Crippen LogP contribution in [-0.2, 0) is 0 Å². The molecular formula is C27H30ClN5O3S. The zero-order valence-electron chi connectivity index (χ0n) is 20.9. The Morgan fingerprint density at radius 1 is 1.14 bits per heavy atom. The van der Waals surface area contributed by atoms with Crippen molar-refractivity contribution in [2.75, 3.05) is 46.4 Å². The highest BCUT2D eigenvalue weighted by Crippen LogP contribution is 2.38. The van der Waals surface area contributed by atoms with E-state index in [9.17, 15) is 4.79 Å². The largest absolute Gasteiger partial charge is 0.491 e. The van der Waals surface area contributed by atoms with E-state index in [0.29, 0.717) is 28.0 Å². The highest BCUT2D eigenvalue weighted by atomic mass is 35.5. The molecule has 10 heteroatoms. The van der Waals surface area contributed by atoms with Gasteiger partial charge in [-0.3, -0.25) is 14.3 Å². The molecule has 3 heterocycles. The lowest BCUT2D eigenvalue weighted by molar-refractivity contribution is 0.0998. The first-order chi connectivity index (χ1) is 17.9. The number of para-hydroxylation sites is 2. The van der Waals surface area contributed by atoms with Gasteiger partial charge in [-0.25, -0.2) is 4.98 Å². The Morgan fingerprint density at radius 2 is 1.92 bits per heavy atom. The summed E-state index contributed by atoms with van der Waals surface area (Å²) in [4.78, 5) is 21.8. The number of thiophene rings is 1. The highest BCUT2D eigenvalue weighted by Gasteiger charge is 2.22. The SMILES string of the molecule is C[C@@H](Oc1cc(-n2cnc3ccccc32)sc1C(N)=O)c1cccc(OCCN2CCN(C)CC2)c1Cl. The smallest absolute Gasteiger partial charge is 0.262 e. The van der Waals surface area contributed by atoms with Crippen LogP contribution in [0, 0.1) is 0 Å². The van der Waals surface area contributed by atoms with E-state index < -0.39 is 12.0 Å². The first-order valence-corrected chi connectivity index (χ1v) is 13.4. The molecule has 2 N–H and O–H groups in total. The molecule has 0 spiro atoms. The van der Waals surface area contributed by atoms with Crippen LogP contribution in [0.1, 0.15) is 28.3 Å². The van der Waals surface area contributed by atoms with Gasteiger partial charge in [-0.2, -0.15) is 0 Å². The van der Waals surface area contributed by atoms with Gasteiger partial charge >= 0.3 is 0 Å². The zero-order valence-corrected chi connectivity index (χ0v) is 22.5. The van der Waals surface area contributed by atoms with Gasteiger partial charge < -0.3 is 20.1 Å². The summed E-state index contributed by atoms with van der Waals surface area (Å²) in [5.41, 5.74) is 8.27. The van der Waals surface area contributed by atoms with Crippen molar-refractivity contribution < 1.29 is 14.3 Å². The Bertz CT molecular complexity index is 1400. The van der Waals surface area contributed by atoms with Crippen LogP contribution in [-0.4, -0.2) is 71.6 Å². The topological polar surface area (TPSA) is 85.8 Å². The second-order valence-electron chi connectivity index (χ2n) is 9.16. The van der Waals surface area contributed by atoms with Gasteiger partial charge in [-0.1, -0.05) is 35.9 Å². The number of nitrogens with two attached hydrogens (primary N) is 1. The number of fused-ring (bicyclic) bond motifs is 1. The average molecular weight is 540 g/mol. The van der Waals surface area contributed by atoms with Gasteiger partial charge in [0.1, 0.15) is 40.4 Å². The Labute approximate surface area is 225 Å². The van der Waals surface area contributed by atoms with Crippen molar-refractivity contribution in [2.45, 2.75) is 13.0 Å². The average Bonchev–Trinajstić information content (AvgIpc) is 3.50. The number of nitrogens with zero attached hydrogens (tertiary/aromatic N) is 4. The summed E-state index contributed by atoms with van der Waals surface area (Å²) in [5, 5.41) is 1.29. The number of hydrogen-bond donors (Lipinski definition) is 1. The molecule has 0 saturated carbocycles. The van der Waals surface area contributed by atoms with Gasteiger partial charge in [0.15, 0.2) is 0 Å². The fourth-order valence-corrected chi connectivity index (χ4v) is 5.70. The number of likely N-dealkylation sites (N-methyl/N-ethyl adjacent to an activating group) is 1. The van der Waals surface area contributed by atoms with Crippen molar-refractivity contribution in [3.05, 3.63) is 70.3 Å². The molecule has 1 atom stereocenters. The molecule has 8 nitrogen and oxygen atoms in total. The van der Waals surface area contributed by atoms with E-state index in [1.165, 1.54) is 11.3 Å². The molecule has 1 amide bonds. The highest BCUT2D eigenvalue weighted by molar-refractivity contribution is 7.16. The lowest BCUT2D eigenvalue weighted by atomic mass is 10.1. The Balaban J connectivity index is 1.31. The quantitative estimate of drug-likeness (QED) is 0.334. The number of carbonyl (C=O) groups is 1. The number of rotatable bonds is 9. The van der Waals surface area contributed by atoms with Crippen LogP contribution in [0.15, 0.2) is 54.9 Å². The van der Waals surface area contributed by atoms with Crippen LogP contribution in [0.3, 0.4) is 0 Å². The molecule has 2 aromatic carbocycles. The lowest BCUT2D eigenvalue weighted by Gasteiger charge is -2.32. The summed E-state index contributed by atoms with van der Waals surface area (Å²) in [6.45, 7) is 7.52. The number of primary amides is 1. The Kier molecular flexibility index (Phi) is 7.66. The summed E-state index contributed by atoms with van der Waals surface area (Å²) >= 11 is 8.01. The number of benzene rings is 2. The number of amides is 1. The van der Waals surface area contributed by atoms with Crippen LogP contribution in [0.4, 0.5) is 0 Å². The van der Waals surface area contributed by atoms with Crippen molar-refractivity contribution in [1.29, 1.82) is 0 Å². The summed E-state index contributed by atoms with van der Waals surface area (Å²) in [7, 11) is 2.14. The Morgan fingerprint density at radius 3 is 2.70 bits per heavy atom. The standard InChI is InChI=1S/C27H30ClN5O3S/c1-18(19-6-5-9-22(25(19)28)35-15-14-32-12-10-31(2)11-13-32)36-23-16-24(37-26(23)27(29)34)33-17-30-20-7-3-4-8-21(20)33/h3-9,16-18H,10-15H2,1-2H3,(H2,29,34)/t18-/m1/s1. The molecule has 2 aromatic heterocycles. The van der Waals surface area contributed by atoms with Crippen LogP contribution in [0.25, 0.3) is 16.0 Å². The number of piperazine rings is 1. The van der Waals surface area contributed by atoms with E-state index in [0.717, 1.165) is 54.3 Å². The molecule has 1 aliphatic rings. The number of ether oxygens (including phenoxy) is 2. The number of carbonyl (C=O) groups excluding carboxylic acids is 1. The van der Waals surface area contributed by atoms with Crippen molar-refractivity contribution in [3.8, 4) is 16.5 Å². The third kappa shape index (κ3) is 5.60. The molecule has 4 aromatic rings. The maximum absolute atomic E-state index is 12.2. The van der Waals surface area contributed by atoms with Crippen molar-refractivity contribution in [1.82, 2.24) is 19.4 Å². The molecule has 0 radical (unpaired) electrons. The molecule has 0 unspecified atom stereocenters. The summed E-state index contributed by atoms with van der Waals surface area (Å²) < 4.78 is 14.2. The molecule has 1 saturated heterocycles. The number of halogens is 1. The molecule has 0 bridgehead atoms. The molecular weight excluding hydrogens is 510 g/mol. The van der Waals surface area contributed by atoms with E-state index in [-0.39, 0.29) is 0 Å².